The van der Waals surface area contributed by atoms with Gasteiger partial charge in [0.1, 0.15) is 0 Å². The SMILES string of the molecule is CC(=O)N1CCC(n2cc(-c3noc(=O)[nH]3)nn2)CC1. The molecule has 0 atom stereocenters. The number of aromatic amines is 1. The van der Waals surface area contributed by atoms with Gasteiger partial charge in [-0.15, -0.1) is 5.10 Å². The Labute approximate surface area is 113 Å². The topological polar surface area (TPSA) is 110 Å². The van der Waals surface area contributed by atoms with Crippen molar-refractivity contribution in [3.63, 3.8) is 0 Å². The minimum atomic E-state index is -0.621. The molecule has 2 aromatic heterocycles. The first kappa shape index (κ1) is 12.6. The summed E-state index contributed by atoms with van der Waals surface area (Å²) in [5.74, 6) is -0.255. The van der Waals surface area contributed by atoms with E-state index in [1.807, 2.05) is 4.90 Å². The molecule has 1 aliphatic heterocycles. The van der Waals surface area contributed by atoms with Crippen molar-refractivity contribution < 1.29 is 9.32 Å². The maximum absolute atomic E-state index is 11.3. The van der Waals surface area contributed by atoms with Gasteiger partial charge in [0.2, 0.25) is 11.7 Å². The number of piperidine rings is 1. The fourth-order valence-electron chi connectivity index (χ4n) is 2.35. The zero-order valence-electron chi connectivity index (χ0n) is 10.9. The Bertz CT molecular complexity index is 664. The van der Waals surface area contributed by atoms with E-state index in [9.17, 15) is 9.59 Å². The van der Waals surface area contributed by atoms with E-state index in [0.717, 1.165) is 25.9 Å². The van der Waals surface area contributed by atoms with Gasteiger partial charge in [-0.05, 0) is 12.8 Å². The Kier molecular flexibility index (Phi) is 3.09. The van der Waals surface area contributed by atoms with Crippen molar-refractivity contribution in [3.05, 3.63) is 16.7 Å². The number of H-pyrrole nitrogens is 1. The zero-order chi connectivity index (χ0) is 14.1. The molecule has 0 bridgehead atoms. The Morgan fingerprint density at radius 1 is 1.45 bits per heavy atom. The molecule has 3 heterocycles. The highest BCUT2D eigenvalue weighted by Crippen LogP contribution is 2.22. The minimum Gasteiger partial charge on any atom is -0.343 e. The Hall–Kier alpha value is -2.45. The van der Waals surface area contributed by atoms with Gasteiger partial charge in [0.15, 0.2) is 5.69 Å². The highest BCUT2D eigenvalue weighted by molar-refractivity contribution is 5.73. The third-order valence-electron chi connectivity index (χ3n) is 3.48. The van der Waals surface area contributed by atoms with Crippen LogP contribution >= 0.6 is 0 Å². The number of likely N-dealkylation sites (tertiary alicyclic amines) is 1. The Balaban J connectivity index is 1.72. The molecular formula is C11H14N6O3. The van der Waals surface area contributed by atoms with Crippen LogP contribution in [-0.4, -0.2) is 49.0 Å². The smallest absolute Gasteiger partial charge is 0.343 e. The van der Waals surface area contributed by atoms with E-state index in [1.165, 1.54) is 0 Å². The van der Waals surface area contributed by atoms with Crippen LogP contribution in [0.1, 0.15) is 25.8 Å². The lowest BCUT2D eigenvalue weighted by Gasteiger charge is -2.30. The second-order valence-corrected chi connectivity index (χ2v) is 4.76. The van der Waals surface area contributed by atoms with Crippen molar-refractivity contribution in [3.8, 4) is 11.5 Å². The minimum absolute atomic E-state index is 0.0999. The van der Waals surface area contributed by atoms with E-state index in [2.05, 4.69) is 25.0 Å². The summed E-state index contributed by atoms with van der Waals surface area (Å²) in [5, 5.41) is 11.6. The van der Waals surface area contributed by atoms with Crippen LogP contribution in [0.2, 0.25) is 0 Å². The molecule has 1 fully saturated rings. The molecular weight excluding hydrogens is 264 g/mol. The molecule has 9 heteroatoms. The molecule has 0 spiro atoms. The summed E-state index contributed by atoms with van der Waals surface area (Å²) in [6, 6.07) is 0.200. The van der Waals surface area contributed by atoms with Gasteiger partial charge in [-0.25, -0.2) is 9.48 Å². The number of nitrogens with zero attached hydrogens (tertiary/aromatic N) is 5. The number of rotatable bonds is 2. The first-order valence-electron chi connectivity index (χ1n) is 6.37. The van der Waals surface area contributed by atoms with Crippen molar-refractivity contribution in [2.24, 2.45) is 0 Å². The fourth-order valence-corrected chi connectivity index (χ4v) is 2.35. The summed E-state index contributed by atoms with van der Waals surface area (Å²) in [6.07, 6.45) is 3.39. The van der Waals surface area contributed by atoms with Gasteiger partial charge < -0.3 is 4.90 Å². The first-order valence-corrected chi connectivity index (χ1v) is 6.37. The van der Waals surface area contributed by atoms with Crippen molar-refractivity contribution in [2.45, 2.75) is 25.8 Å². The van der Waals surface area contributed by atoms with E-state index in [1.54, 1.807) is 17.8 Å². The van der Waals surface area contributed by atoms with E-state index in [4.69, 9.17) is 0 Å². The molecule has 1 N–H and O–H groups in total. The lowest BCUT2D eigenvalue weighted by Crippen LogP contribution is -2.37. The number of amides is 1. The zero-order valence-corrected chi connectivity index (χ0v) is 10.9. The highest BCUT2D eigenvalue weighted by Gasteiger charge is 2.23. The van der Waals surface area contributed by atoms with Crippen molar-refractivity contribution in [2.75, 3.05) is 13.1 Å². The van der Waals surface area contributed by atoms with Crippen LogP contribution in [0.15, 0.2) is 15.5 Å². The highest BCUT2D eigenvalue weighted by atomic mass is 16.5. The third kappa shape index (κ3) is 2.33. The average Bonchev–Trinajstić information content (AvgIpc) is 3.07. The molecule has 0 aliphatic carbocycles. The number of carbonyl (C=O) groups is 1. The molecule has 0 saturated carbocycles. The predicted molar refractivity (Wildman–Crippen MR) is 66.7 cm³/mol. The number of nitrogens with one attached hydrogen (secondary N) is 1. The molecule has 0 unspecified atom stereocenters. The van der Waals surface area contributed by atoms with Gasteiger partial charge in [-0.2, -0.15) is 0 Å². The van der Waals surface area contributed by atoms with Crippen LogP contribution in [0.25, 0.3) is 11.5 Å². The third-order valence-corrected chi connectivity index (χ3v) is 3.48. The van der Waals surface area contributed by atoms with Gasteiger partial charge in [0.05, 0.1) is 12.2 Å². The lowest BCUT2D eigenvalue weighted by atomic mass is 10.1. The molecule has 106 valence electrons. The van der Waals surface area contributed by atoms with Crippen LogP contribution in [0.4, 0.5) is 0 Å². The van der Waals surface area contributed by atoms with Crippen molar-refractivity contribution in [1.29, 1.82) is 0 Å². The van der Waals surface area contributed by atoms with Crippen molar-refractivity contribution in [1.82, 2.24) is 30.0 Å². The summed E-state index contributed by atoms with van der Waals surface area (Å²) in [4.78, 5) is 26.4. The van der Waals surface area contributed by atoms with Gasteiger partial charge in [0, 0.05) is 20.0 Å². The van der Waals surface area contributed by atoms with Crippen LogP contribution in [0, 0.1) is 0 Å². The predicted octanol–water partition coefficient (Wildman–Crippen LogP) is -0.195. The standard InChI is InChI=1S/C11H14N6O3/c1-7(18)16-4-2-8(3-5-16)17-6-9(13-15-17)10-12-11(19)20-14-10/h6,8H,2-5H2,1H3,(H,12,14,19). The van der Waals surface area contributed by atoms with Gasteiger partial charge in [-0.3, -0.25) is 14.3 Å². The largest absolute Gasteiger partial charge is 0.439 e. The van der Waals surface area contributed by atoms with Gasteiger partial charge >= 0.3 is 5.76 Å². The van der Waals surface area contributed by atoms with Crippen molar-refractivity contribution >= 4 is 5.91 Å². The van der Waals surface area contributed by atoms with Crippen LogP contribution in [0.5, 0.6) is 0 Å². The molecule has 0 aromatic carbocycles. The normalized spacial score (nSPS) is 16.6. The molecule has 3 rings (SSSR count). The molecule has 1 saturated heterocycles. The molecule has 1 amide bonds. The number of hydrogen-bond acceptors (Lipinski definition) is 6. The van der Waals surface area contributed by atoms with Crippen LogP contribution < -0.4 is 5.76 Å². The van der Waals surface area contributed by atoms with E-state index in [-0.39, 0.29) is 17.8 Å². The maximum atomic E-state index is 11.3. The Morgan fingerprint density at radius 3 is 2.80 bits per heavy atom. The van der Waals surface area contributed by atoms with E-state index in [0.29, 0.717) is 5.69 Å². The number of carbonyl (C=O) groups excluding carboxylic acids is 1. The summed E-state index contributed by atoms with van der Waals surface area (Å²) < 4.78 is 6.18. The lowest BCUT2D eigenvalue weighted by molar-refractivity contribution is -0.130. The van der Waals surface area contributed by atoms with Crippen LogP contribution in [-0.2, 0) is 4.79 Å². The molecule has 20 heavy (non-hydrogen) atoms. The fraction of sp³-hybridized carbons (Fsp3) is 0.545. The molecule has 1 aliphatic rings. The van der Waals surface area contributed by atoms with Gasteiger partial charge in [0.25, 0.3) is 0 Å². The van der Waals surface area contributed by atoms with Crippen LogP contribution in [0.3, 0.4) is 0 Å². The second kappa shape index (κ2) is 4.91. The monoisotopic (exact) mass is 278 g/mol. The average molecular weight is 278 g/mol. The number of aromatic nitrogens is 5. The quantitative estimate of drug-likeness (QED) is 0.815. The van der Waals surface area contributed by atoms with E-state index < -0.39 is 5.76 Å². The number of hydrogen-bond donors (Lipinski definition) is 1. The Morgan fingerprint density at radius 2 is 2.20 bits per heavy atom. The molecule has 0 radical (unpaired) electrons. The first-order chi connectivity index (χ1) is 9.63. The van der Waals surface area contributed by atoms with E-state index >= 15 is 0 Å². The second-order valence-electron chi connectivity index (χ2n) is 4.76. The summed E-state index contributed by atoms with van der Waals surface area (Å²) in [6.45, 7) is 3.01. The summed E-state index contributed by atoms with van der Waals surface area (Å²) in [7, 11) is 0. The molecule has 2 aromatic rings. The maximum Gasteiger partial charge on any atom is 0.439 e. The van der Waals surface area contributed by atoms with Gasteiger partial charge in [-0.1, -0.05) is 10.4 Å². The summed E-state index contributed by atoms with van der Waals surface area (Å²) >= 11 is 0. The summed E-state index contributed by atoms with van der Waals surface area (Å²) in [5.41, 5.74) is 0.463. The molecule has 9 nitrogen and oxygen atoms in total.